The van der Waals surface area contributed by atoms with Gasteiger partial charge in [0.05, 0.1) is 12.6 Å². The van der Waals surface area contributed by atoms with E-state index in [2.05, 4.69) is 20.0 Å². The van der Waals surface area contributed by atoms with Gasteiger partial charge in [0, 0.05) is 23.2 Å². The maximum atomic E-state index is 14.0. The van der Waals surface area contributed by atoms with Crippen LogP contribution in [0.5, 0.6) is 5.75 Å². The standard InChI is InChI=1S/C17H17FN4O3S/c1-10(11-3-5-12(6-4-11)22-26(23)24)21-17-13-7-14(18)16(25-2)8-15(13)19-9-20-17/h3-10,26H,1-2H3,(H,19,20,21)(H,22,23,24). The minimum absolute atomic E-state index is 0.120. The Hall–Kier alpha value is -2.94. The molecule has 3 aromatic rings. The smallest absolute Gasteiger partial charge is 0.222 e. The first kappa shape index (κ1) is 17.9. The van der Waals surface area contributed by atoms with Gasteiger partial charge in [0.15, 0.2) is 11.6 Å². The Balaban J connectivity index is 1.87. The van der Waals surface area contributed by atoms with Crippen LogP contribution in [0.3, 0.4) is 0 Å². The molecule has 0 bridgehead atoms. The number of hydrogen-bond donors (Lipinski definition) is 3. The maximum Gasteiger partial charge on any atom is 0.222 e. The van der Waals surface area contributed by atoms with E-state index >= 15 is 0 Å². The molecule has 0 aliphatic heterocycles. The van der Waals surface area contributed by atoms with Crippen molar-refractivity contribution in [3.63, 3.8) is 0 Å². The second-order valence-corrected chi connectivity index (χ2v) is 6.32. The molecule has 0 saturated heterocycles. The van der Waals surface area contributed by atoms with Gasteiger partial charge in [0.2, 0.25) is 10.9 Å². The number of halogens is 1. The molecule has 7 nitrogen and oxygen atoms in total. The summed E-state index contributed by atoms with van der Waals surface area (Å²) in [5.41, 5.74) is 1.96. The second kappa shape index (κ2) is 7.52. The lowest BCUT2D eigenvalue weighted by atomic mass is 10.1. The maximum absolute atomic E-state index is 14.0. The number of methoxy groups -OCH3 is 1. The number of aromatic nitrogens is 2. The lowest BCUT2D eigenvalue weighted by Gasteiger charge is -2.17. The van der Waals surface area contributed by atoms with E-state index in [1.165, 1.54) is 25.6 Å². The quantitative estimate of drug-likeness (QED) is 0.573. The fourth-order valence-corrected chi connectivity index (χ4v) is 2.93. The van der Waals surface area contributed by atoms with Crippen molar-refractivity contribution >= 4 is 33.3 Å². The number of thiol groups is 1. The summed E-state index contributed by atoms with van der Waals surface area (Å²) in [6.45, 7) is 1.92. The van der Waals surface area contributed by atoms with E-state index in [0.29, 0.717) is 22.4 Å². The summed E-state index contributed by atoms with van der Waals surface area (Å²) in [5.74, 6) is 0.122. The summed E-state index contributed by atoms with van der Waals surface area (Å²) in [6, 6.07) is 9.64. The minimum Gasteiger partial charge on any atom is -0.494 e. The van der Waals surface area contributed by atoms with Gasteiger partial charge in [-0.2, -0.15) is 0 Å². The molecule has 0 saturated carbocycles. The van der Waals surface area contributed by atoms with Crippen LogP contribution in [0.25, 0.3) is 10.9 Å². The summed E-state index contributed by atoms with van der Waals surface area (Å²) >= 11 is 0. The van der Waals surface area contributed by atoms with E-state index in [1.54, 1.807) is 24.3 Å². The van der Waals surface area contributed by atoms with Crippen LogP contribution in [0.1, 0.15) is 18.5 Å². The highest BCUT2D eigenvalue weighted by atomic mass is 32.2. The molecule has 0 fully saturated rings. The number of anilines is 2. The molecule has 2 N–H and O–H groups in total. The second-order valence-electron chi connectivity index (χ2n) is 5.58. The molecule has 0 aliphatic carbocycles. The van der Waals surface area contributed by atoms with Crippen LogP contribution in [0.4, 0.5) is 15.9 Å². The third-order valence-electron chi connectivity index (χ3n) is 3.89. The lowest BCUT2D eigenvalue weighted by molar-refractivity contribution is 0.387. The molecule has 26 heavy (non-hydrogen) atoms. The van der Waals surface area contributed by atoms with Crippen LogP contribution >= 0.6 is 0 Å². The number of nitrogens with one attached hydrogen (secondary N) is 2. The third-order valence-corrected chi connectivity index (χ3v) is 4.33. The van der Waals surface area contributed by atoms with Crippen LogP contribution in [-0.4, -0.2) is 25.5 Å². The van der Waals surface area contributed by atoms with Crippen LogP contribution in [0, 0.1) is 5.82 Å². The number of rotatable bonds is 6. The van der Waals surface area contributed by atoms with Crippen LogP contribution in [0.2, 0.25) is 0 Å². The largest absolute Gasteiger partial charge is 0.494 e. The number of fused-ring (bicyclic) bond motifs is 1. The van der Waals surface area contributed by atoms with Gasteiger partial charge in [0.1, 0.15) is 12.1 Å². The van der Waals surface area contributed by atoms with Gasteiger partial charge in [-0.25, -0.2) is 22.8 Å². The van der Waals surface area contributed by atoms with E-state index in [0.717, 1.165) is 5.56 Å². The van der Waals surface area contributed by atoms with Crippen molar-refractivity contribution in [2.24, 2.45) is 0 Å². The molecule has 2 aromatic carbocycles. The van der Waals surface area contributed by atoms with E-state index in [9.17, 15) is 12.8 Å². The molecule has 1 aromatic heterocycles. The van der Waals surface area contributed by atoms with Crippen LogP contribution < -0.4 is 14.8 Å². The highest BCUT2D eigenvalue weighted by Crippen LogP contribution is 2.29. The average Bonchev–Trinajstić information content (AvgIpc) is 2.62. The van der Waals surface area contributed by atoms with Crippen molar-refractivity contribution in [2.75, 3.05) is 17.1 Å². The van der Waals surface area contributed by atoms with Gasteiger partial charge in [-0.05, 0) is 30.7 Å². The fourth-order valence-electron chi connectivity index (χ4n) is 2.57. The van der Waals surface area contributed by atoms with Crippen LogP contribution in [0.15, 0.2) is 42.7 Å². The summed E-state index contributed by atoms with van der Waals surface area (Å²) < 4.78 is 42.7. The molecule has 9 heteroatoms. The fraction of sp³-hybridized carbons (Fsp3) is 0.176. The molecule has 136 valence electrons. The van der Waals surface area contributed by atoms with Gasteiger partial charge in [-0.3, -0.25) is 4.72 Å². The van der Waals surface area contributed by atoms with Gasteiger partial charge in [-0.15, -0.1) is 0 Å². The van der Waals surface area contributed by atoms with Crippen molar-refractivity contribution < 1.29 is 17.5 Å². The Kier molecular flexibility index (Phi) is 5.17. The average molecular weight is 376 g/mol. The van der Waals surface area contributed by atoms with E-state index in [1.807, 2.05) is 6.92 Å². The summed E-state index contributed by atoms with van der Waals surface area (Å²) in [6.07, 6.45) is 1.40. The SMILES string of the molecule is COc1cc2ncnc(NC(C)c3ccc(N[SH](=O)=O)cc3)c2cc1F. The zero-order chi connectivity index (χ0) is 18.7. The molecule has 0 amide bonds. The van der Waals surface area contributed by atoms with Crippen LogP contribution in [-0.2, 0) is 10.9 Å². The molecule has 1 atom stereocenters. The minimum atomic E-state index is -2.70. The van der Waals surface area contributed by atoms with Crippen molar-refractivity contribution in [1.29, 1.82) is 0 Å². The third kappa shape index (κ3) is 3.83. The molecule has 0 aliphatic rings. The zero-order valence-corrected chi connectivity index (χ0v) is 15.0. The van der Waals surface area contributed by atoms with Gasteiger partial charge in [-0.1, -0.05) is 12.1 Å². The Morgan fingerprint density at radius 2 is 1.88 bits per heavy atom. The Morgan fingerprint density at radius 1 is 1.15 bits per heavy atom. The topological polar surface area (TPSA) is 93.2 Å². The molecular formula is C17H17FN4O3S. The van der Waals surface area contributed by atoms with Crippen molar-refractivity contribution in [1.82, 2.24) is 9.97 Å². The number of benzene rings is 2. The molecule has 1 unspecified atom stereocenters. The zero-order valence-electron chi connectivity index (χ0n) is 14.1. The first-order valence-electron chi connectivity index (χ1n) is 7.73. The molecular weight excluding hydrogens is 359 g/mol. The van der Waals surface area contributed by atoms with E-state index in [4.69, 9.17) is 4.74 Å². The van der Waals surface area contributed by atoms with Crippen molar-refractivity contribution in [3.05, 3.63) is 54.1 Å². The first-order valence-corrected chi connectivity index (χ1v) is 8.91. The predicted molar refractivity (Wildman–Crippen MR) is 98.5 cm³/mol. The van der Waals surface area contributed by atoms with Gasteiger partial charge >= 0.3 is 0 Å². The Morgan fingerprint density at radius 3 is 2.54 bits per heavy atom. The van der Waals surface area contributed by atoms with Crippen molar-refractivity contribution in [2.45, 2.75) is 13.0 Å². The number of nitrogens with zero attached hydrogens (tertiary/aromatic N) is 2. The highest BCUT2D eigenvalue weighted by Gasteiger charge is 2.13. The Labute approximate surface area is 151 Å². The van der Waals surface area contributed by atoms with E-state index in [-0.39, 0.29) is 11.8 Å². The summed E-state index contributed by atoms with van der Waals surface area (Å²) in [4.78, 5) is 8.35. The molecule has 0 spiro atoms. The monoisotopic (exact) mass is 376 g/mol. The normalized spacial score (nSPS) is 12.2. The number of ether oxygens (including phenoxy) is 1. The highest BCUT2D eigenvalue weighted by molar-refractivity contribution is 7.73. The Bertz CT molecular complexity index is 1000. The molecule has 3 rings (SSSR count). The molecule has 0 radical (unpaired) electrons. The lowest BCUT2D eigenvalue weighted by Crippen LogP contribution is -2.09. The van der Waals surface area contributed by atoms with Gasteiger partial charge < -0.3 is 10.1 Å². The van der Waals surface area contributed by atoms with Gasteiger partial charge in [0.25, 0.3) is 0 Å². The summed E-state index contributed by atoms with van der Waals surface area (Å²) in [5, 5.41) is 3.77. The predicted octanol–water partition coefficient (Wildman–Crippen LogP) is 2.89. The van der Waals surface area contributed by atoms with Crippen molar-refractivity contribution in [3.8, 4) is 5.75 Å². The van der Waals surface area contributed by atoms with E-state index < -0.39 is 16.7 Å². The number of hydrogen-bond acceptors (Lipinski definition) is 6. The summed E-state index contributed by atoms with van der Waals surface area (Å²) in [7, 11) is -1.30. The molecule has 1 heterocycles. The first-order chi connectivity index (χ1) is 12.5.